The summed E-state index contributed by atoms with van der Waals surface area (Å²) in [4.78, 5) is 14.7. The molecule has 0 bridgehead atoms. The molecule has 8 heteroatoms. The monoisotopic (exact) mass is 474 g/mol. The summed E-state index contributed by atoms with van der Waals surface area (Å²) in [5.74, 6) is 0.504. The van der Waals surface area contributed by atoms with Gasteiger partial charge in [-0.05, 0) is 85.9 Å². The number of aromatic nitrogens is 1. The second-order valence-corrected chi connectivity index (χ2v) is 9.08. The second kappa shape index (κ2) is 9.33. The summed E-state index contributed by atoms with van der Waals surface area (Å²) < 4.78 is 48.8. The van der Waals surface area contributed by atoms with Crippen molar-refractivity contribution in [2.45, 2.75) is 69.9 Å². The van der Waals surface area contributed by atoms with Crippen LogP contribution in [-0.4, -0.2) is 23.5 Å². The van der Waals surface area contributed by atoms with Crippen molar-refractivity contribution in [1.29, 1.82) is 0 Å². The highest BCUT2D eigenvalue weighted by Gasteiger charge is 2.42. The molecule has 1 heterocycles. The molecule has 1 aromatic heterocycles. The lowest BCUT2D eigenvalue weighted by atomic mass is 9.64. The molecular formula is C26H29F3N2O3. The van der Waals surface area contributed by atoms with Crippen molar-refractivity contribution in [2.75, 3.05) is 0 Å². The molecule has 34 heavy (non-hydrogen) atoms. The zero-order chi connectivity index (χ0) is 24.5. The molecule has 2 aromatic carbocycles. The number of ether oxygens (including phenoxy) is 2. The molecule has 0 spiro atoms. The minimum atomic E-state index is -4.74. The van der Waals surface area contributed by atoms with Crippen molar-refractivity contribution < 1.29 is 22.6 Å². The van der Waals surface area contributed by atoms with Crippen LogP contribution < -0.4 is 20.8 Å². The lowest BCUT2D eigenvalue weighted by Crippen LogP contribution is -2.48. The number of nitrogens with one attached hydrogen (secondary N) is 1. The first-order chi connectivity index (χ1) is 16.1. The number of rotatable bonds is 6. The molecule has 1 aliphatic carbocycles. The summed E-state index contributed by atoms with van der Waals surface area (Å²) in [6.07, 6.45) is 0.325. The van der Waals surface area contributed by atoms with Gasteiger partial charge in [0.05, 0.1) is 6.10 Å². The molecule has 0 radical (unpaired) electrons. The number of hydrogen-bond acceptors (Lipinski definition) is 4. The average Bonchev–Trinajstić information content (AvgIpc) is 2.79. The largest absolute Gasteiger partial charge is 0.573 e. The Kier molecular flexibility index (Phi) is 6.62. The third-order valence-corrected chi connectivity index (χ3v) is 6.98. The molecule has 1 unspecified atom stereocenters. The highest BCUT2D eigenvalue weighted by atomic mass is 19.4. The van der Waals surface area contributed by atoms with E-state index in [0.717, 1.165) is 22.3 Å². The highest BCUT2D eigenvalue weighted by Crippen LogP contribution is 2.44. The maximum atomic E-state index is 12.8. The van der Waals surface area contributed by atoms with Gasteiger partial charge in [0.25, 0.3) is 5.56 Å². The fraction of sp³-hybridized carbons (Fsp3) is 0.423. The normalized spacial score (nSPS) is 21.9. The van der Waals surface area contributed by atoms with Gasteiger partial charge in [0.1, 0.15) is 11.5 Å². The lowest BCUT2D eigenvalue weighted by Gasteiger charge is -2.44. The third kappa shape index (κ3) is 4.92. The number of pyridine rings is 1. The Morgan fingerprint density at radius 3 is 2.59 bits per heavy atom. The molecule has 1 saturated carbocycles. The van der Waals surface area contributed by atoms with Crippen LogP contribution in [0.3, 0.4) is 0 Å². The van der Waals surface area contributed by atoms with E-state index in [1.165, 1.54) is 12.1 Å². The van der Waals surface area contributed by atoms with Crippen molar-refractivity contribution in [3.8, 4) is 11.5 Å². The number of H-pyrrole nitrogens is 1. The minimum Gasteiger partial charge on any atom is -0.490 e. The number of nitrogens with two attached hydrogens (primary N) is 1. The Balaban J connectivity index is 1.55. The van der Waals surface area contributed by atoms with E-state index in [0.29, 0.717) is 37.5 Å². The van der Waals surface area contributed by atoms with Gasteiger partial charge in [0.15, 0.2) is 0 Å². The average molecular weight is 475 g/mol. The Morgan fingerprint density at radius 2 is 1.91 bits per heavy atom. The maximum absolute atomic E-state index is 12.8. The predicted molar refractivity (Wildman–Crippen MR) is 125 cm³/mol. The molecule has 3 N–H and O–H groups in total. The topological polar surface area (TPSA) is 77.3 Å². The van der Waals surface area contributed by atoms with Crippen molar-refractivity contribution in [3.63, 3.8) is 0 Å². The summed E-state index contributed by atoms with van der Waals surface area (Å²) in [5, 5.41) is 1.42. The summed E-state index contributed by atoms with van der Waals surface area (Å²) in [7, 11) is 0. The van der Waals surface area contributed by atoms with E-state index in [1.54, 1.807) is 12.3 Å². The number of halogens is 3. The van der Waals surface area contributed by atoms with Crippen molar-refractivity contribution >= 4 is 10.8 Å². The SMILES string of the molecule is CCC(N)C1(c2cccc(OC(F)(F)F)c2)CCC(Oc2cc3cc[nH]c(=O)c3cc2C)CC1. The molecule has 182 valence electrons. The highest BCUT2D eigenvalue weighted by molar-refractivity contribution is 5.83. The summed E-state index contributed by atoms with van der Waals surface area (Å²) in [5.41, 5.74) is 7.61. The quantitative estimate of drug-likeness (QED) is 0.478. The van der Waals surface area contributed by atoms with Gasteiger partial charge in [-0.3, -0.25) is 4.79 Å². The smallest absolute Gasteiger partial charge is 0.490 e. The Labute approximate surface area is 196 Å². The van der Waals surface area contributed by atoms with Crippen LogP contribution in [0.2, 0.25) is 0 Å². The lowest BCUT2D eigenvalue weighted by molar-refractivity contribution is -0.274. The fourth-order valence-corrected chi connectivity index (χ4v) is 5.12. The minimum absolute atomic E-state index is 0.0510. The number of alkyl halides is 3. The van der Waals surface area contributed by atoms with Crippen LogP contribution in [0.25, 0.3) is 10.8 Å². The molecule has 5 nitrogen and oxygen atoms in total. The Morgan fingerprint density at radius 1 is 1.18 bits per heavy atom. The van der Waals surface area contributed by atoms with E-state index in [2.05, 4.69) is 9.72 Å². The van der Waals surface area contributed by atoms with E-state index in [4.69, 9.17) is 10.5 Å². The first kappa shape index (κ1) is 24.1. The van der Waals surface area contributed by atoms with Crippen LogP contribution in [0, 0.1) is 6.92 Å². The first-order valence-electron chi connectivity index (χ1n) is 11.5. The van der Waals surface area contributed by atoms with Crippen molar-refractivity contribution in [2.24, 2.45) is 5.73 Å². The van der Waals surface area contributed by atoms with Crippen LogP contribution in [0.5, 0.6) is 11.5 Å². The molecule has 1 fully saturated rings. The number of hydrogen-bond donors (Lipinski definition) is 2. The van der Waals surface area contributed by atoms with Crippen molar-refractivity contribution in [1.82, 2.24) is 4.98 Å². The van der Waals surface area contributed by atoms with E-state index in [-0.39, 0.29) is 23.5 Å². The van der Waals surface area contributed by atoms with Gasteiger partial charge in [-0.1, -0.05) is 19.1 Å². The molecule has 1 atom stereocenters. The van der Waals surface area contributed by atoms with E-state index < -0.39 is 11.8 Å². The van der Waals surface area contributed by atoms with E-state index in [1.807, 2.05) is 38.1 Å². The molecule has 0 saturated heterocycles. The molecule has 4 rings (SSSR count). The van der Waals surface area contributed by atoms with E-state index in [9.17, 15) is 18.0 Å². The first-order valence-corrected chi connectivity index (χ1v) is 11.5. The molecule has 0 aliphatic heterocycles. The van der Waals surface area contributed by atoms with Gasteiger partial charge in [0, 0.05) is 23.0 Å². The molecular weight excluding hydrogens is 445 g/mol. The van der Waals surface area contributed by atoms with Crippen LogP contribution >= 0.6 is 0 Å². The zero-order valence-electron chi connectivity index (χ0n) is 19.2. The molecule has 1 aliphatic rings. The number of aromatic amines is 1. The number of aryl methyl sites for hydroxylation is 1. The van der Waals surface area contributed by atoms with Crippen LogP contribution in [0.1, 0.15) is 50.2 Å². The molecule has 3 aromatic rings. The maximum Gasteiger partial charge on any atom is 0.573 e. The Hall–Kier alpha value is -3.00. The predicted octanol–water partition coefficient (Wildman–Crippen LogP) is 5.73. The van der Waals surface area contributed by atoms with Crippen molar-refractivity contribution in [3.05, 3.63) is 70.1 Å². The summed E-state index contributed by atoms with van der Waals surface area (Å²) in [6, 6.07) is 11.6. The van der Waals surface area contributed by atoms with Crippen LogP contribution in [0.15, 0.2) is 53.5 Å². The number of fused-ring (bicyclic) bond motifs is 1. The summed E-state index contributed by atoms with van der Waals surface area (Å²) >= 11 is 0. The Bertz CT molecular complexity index is 1210. The van der Waals surface area contributed by atoms with Gasteiger partial charge >= 0.3 is 6.36 Å². The molecule has 0 amide bonds. The standard InChI is InChI=1S/C26H29F3N2O3/c1-3-23(30)25(18-5-4-6-20(15-18)34-26(27,28)29)10-7-19(8-11-25)33-22-14-17-9-12-31-24(32)21(17)13-16(22)2/h4-6,9,12-15,19,23H,3,7-8,10-11,30H2,1-2H3,(H,31,32). The van der Waals surface area contributed by atoms with Gasteiger partial charge < -0.3 is 20.2 Å². The third-order valence-electron chi connectivity index (χ3n) is 6.98. The van der Waals surface area contributed by atoms with Crippen LogP contribution in [-0.2, 0) is 5.41 Å². The van der Waals surface area contributed by atoms with Gasteiger partial charge in [0.2, 0.25) is 0 Å². The van der Waals surface area contributed by atoms with Gasteiger partial charge in [-0.25, -0.2) is 0 Å². The fourth-order valence-electron chi connectivity index (χ4n) is 5.12. The van der Waals surface area contributed by atoms with E-state index >= 15 is 0 Å². The van der Waals surface area contributed by atoms with Crippen LogP contribution in [0.4, 0.5) is 13.2 Å². The zero-order valence-corrected chi connectivity index (χ0v) is 19.2. The summed E-state index contributed by atoms with van der Waals surface area (Å²) in [6.45, 7) is 3.90. The van der Waals surface area contributed by atoms with Gasteiger partial charge in [-0.15, -0.1) is 13.2 Å². The second-order valence-electron chi connectivity index (χ2n) is 9.08. The van der Waals surface area contributed by atoms with Gasteiger partial charge in [-0.2, -0.15) is 0 Å². The number of benzene rings is 2.